The van der Waals surface area contributed by atoms with Crippen molar-refractivity contribution in [2.24, 2.45) is 0 Å². The van der Waals surface area contributed by atoms with Crippen molar-refractivity contribution in [2.45, 2.75) is 18.2 Å². The summed E-state index contributed by atoms with van der Waals surface area (Å²) in [5.41, 5.74) is 1.32. The van der Waals surface area contributed by atoms with Crippen LogP contribution in [0.25, 0.3) is 10.9 Å². The van der Waals surface area contributed by atoms with Crippen molar-refractivity contribution in [2.75, 3.05) is 20.6 Å². The maximum atomic E-state index is 14.6. The number of aryl methyl sites for hydroxylation is 1. The first kappa shape index (κ1) is 20.0. The Bertz CT molecular complexity index is 1120. The molecule has 0 radical (unpaired) electrons. The van der Waals surface area contributed by atoms with E-state index < -0.39 is 21.7 Å². The summed E-state index contributed by atoms with van der Waals surface area (Å²) in [6, 6.07) is 6.71. The van der Waals surface area contributed by atoms with E-state index in [2.05, 4.69) is 15.9 Å². The SMILES string of the molecule is Cc1ccc(S(=O)(=O)n2cc(CCN(C)C)c3cc(F)cc(F)c32)c(Br)c1. The van der Waals surface area contributed by atoms with Gasteiger partial charge >= 0.3 is 0 Å². The van der Waals surface area contributed by atoms with Crippen molar-refractivity contribution >= 4 is 36.9 Å². The van der Waals surface area contributed by atoms with Gasteiger partial charge in [0.05, 0.1) is 0 Å². The van der Waals surface area contributed by atoms with Gasteiger partial charge in [-0.1, -0.05) is 6.07 Å². The molecule has 2 aromatic carbocycles. The van der Waals surface area contributed by atoms with E-state index in [1.54, 1.807) is 12.1 Å². The van der Waals surface area contributed by atoms with Crippen molar-refractivity contribution in [3.8, 4) is 0 Å². The van der Waals surface area contributed by atoms with Crippen molar-refractivity contribution in [3.05, 3.63) is 63.8 Å². The van der Waals surface area contributed by atoms with Crippen LogP contribution in [0.3, 0.4) is 0 Å². The second-order valence-electron chi connectivity index (χ2n) is 6.73. The third-order valence-electron chi connectivity index (χ3n) is 4.32. The average molecular weight is 457 g/mol. The van der Waals surface area contributed by atoms with Crippen LogP contribution in [0.4, 0.5) is 8.78 Å². The number of hydrogen-bond donors (Lipinski definition) is 0. The second kappa shape index (κ2) is 7.33. The van der Waals surface area contributed by atoms with Gasteiger partial charge in [-0.3, -0.25) is 0 Å². The van der Waals surface area contributed by atoms with Crippen molar-refractivity contribution in [1.82, 2.24) is 8.87 Å². The van der Waals surface area contributed by atoms with E-state index in [9.17, 15) is 17.2 Å². The van der Waals surface area contributed by atoms with Gasteiger partial charge in [0.15, 0.2) is 5.82 Å². The van der Waals surface area contributed by atoms with E-state index in [0.29, 0.717) is 29.1 Å². The third-order valence-corrected chi connectivity index (χ3v) is 6.96. The van der Waals surface area contributed by atoms with Gasteiger partial charge in [0.2, 0.25) is 0 Å². The summed E-state index contributed by atoms with van der Waals surface area (Å²) in [4.78, 5) is 1.94. The van der Waals surface area contributed by atoms with Gasteiger partial charge in [0, 0.05) is 28.7 Å². The van der Waals surface area contributed by atoms with E-state index >= 15 is 0 Å². The lowest BCUT2D eigenvalue weighted by Gasteiger charge is -2.10. The Morgan fingerprint density at radius 1 is 1.15 bits per heavy atom. The number of hydrogen-bond acceptors (Lipinski definition) is 3. The molecule has 0 spiro atoms. The van der Waals surface area contributed by atoms with Gasteiger partial charge in [-0.2, -0.15) is 0 Å². The molecule has 0 atom stereocenters. The molecule has 1 aromatic heterocycles. The minimum Gasteiger partial charge on any atom is -0.309 e. The van der Waals surface area contributed by atoms with E-state index in [4.69, 9.17) is 0 Å². The zero-order valence-corrected chi connectivity index (χ0v) is 17.5. The molecule has 27 heavy (non-hydrogen) atoms. The highest BCUT2D eigenvalue weighted by Crippen LogP contribution is 2.32. The lowest BCUT2D eigenvalue weighted by molar-refractivity contribution is 0.414. The molecule has 0 saturated heterocycles. The lowest BCUT2D eigenvalue weighted by atomic mass is 10.1. The Morgan fingerprint density at radius 3 is 2.48 bits per heavy atom. The summed E-state index contributed by atoms with van der Waals surface area (Å²) >= 11 is 3.28. The van der Waals surface area contributed by atoms with Crippen LogP contribution in [0.5, 0.6) is 0 Å². The normalized spacial score (nSPS) is 12.3. The Hall–Kier alpha value is -1.77. The lowest BCUT2D eigenvalue weighted by Crippen LogP contribution is -2.15. The molecule has 0 bridgehead atoms. The molecule has 4 nitrogen and oxygen atoms in total. The third kappa shape index (κ3) is 3.79. The maximum absolute atomic E-state index is 14.6. The summed E-state index contributed by atoms with van der Waals surface area (Å²) in [7, 11) is -0.321. The smallest absolute Gasteiger partial charge is 0.269 e. The molecular formula is C19H19BrF2N2O2S. The van der Waals surface area contributed by atoms with Gasteiger partial charge in [-0.25, -0.2) is 21.2 Å². The van der Waals surface area contributed by atoms with Crippen LogP contribution in [-0.2, 0) is 16.4 Å². The van der Waals surface area contributed by atoms with Crippen LogP contribution in [0.15, 0.2) is 45.9 Å². The van der Waals surface area contributed by atoms with Crippen molar-refractivity contribution in [3.63, 3.8) is 0 Å². The number of halogens is 3. The molecule has 0 amide bonds. The Morgan fingerprint density at radius 2 is 1.85 bits per heavy atom. The first-order chi connectivity index (χ1) is 12.6. The van der Waals surface area contributed by atoms with Gasteiger partial charge in [-0.15, -0.1) is 0 Å². The summed E-state index contributed by atoms with van der Waals surface area (Å²) in [5, 5.41) is 0.265. The number of benzene rings is 2. The van der Waals surface area contributed by atoms with Crippen molar-refractivity contribution in [1.29, 1.82) is 0 Å². The van der Waals surface area contributed by atoms with E-state index in [-0.39, 0.29) is 15.8 Å². The standard InChI is InChI=1S/C19H19BrF2N2O2S/c1-12-4-5-18(16(20)8-12)27(25,26)24-11-13(6-7-23(2)3)15-9-14(21)10-17(22)19(15)24/h4-5,8-11H,6-7H2,1-3H3. The van der Waals surface area contributed by atoms with E-state index in [1.165, 1.54) is 18.3 Å². The molecular weight excluding hydrogens is 438 g/mol. The second-order valence-corrected chi connectivity index (χ2v) is 9.36. The highest BCUT2D eigenvalue weighted by Gasteiger charge is 2.26. The van der Waals surface area contributed by atoms with Crippen LogP contribution in [-0.4, -0.2) is 37.9 Å². The zero-order valence-electron chi connectivity index (χ0n) is 15.1. The minimum absolute atomic E-state index is 0.0212. The fourth-order valence-electron chi connectivity index (χ4n) is 2.96. The van der Waals surface area contributed by atoms with Crippen LogP contribution in [0.2, 0.25) is 0 Å². The van der Waals surface area contributed by atoms with Crippen LogP contribution < -0.4 is 0 Å². The summed E-state index contributed by atoms with van der Waals surface area (Å²) < 4.78 is 56.1. The van der Waals surface area contributed by atoms with Gasteiger partial charge in [0.1, 0.15) is 16.2 Å². The number of aromatic nitrogens is 1. The van der Waals surface area contributed by atoms with Gasteiger partial charge in [-0.05, 0) is 72.7 Å². The first-order valence-corrected chi connectivity index (χ1v) is 10.5. The van der Waals surface area contributed by atoms with Crippen LogP contribution >= 0.6 is 15.9 Å². The zero-order chi connectivity index (χ0) is 19.9. The summed E-state index contributed by atoms with van der Waals surface area (Å²) in [6.45, 7) is 2.46. The Labute approximate surface area is 165 Å². The van der Waals surface area contributed by atoms with E-state index in [0.717, 1.165) is 9.54 Å². The molecule has 144 valence electrons. The Balaban J connectivity index is 2.27. The predicted octanol–water partition coefficient (Wildman–Crippen LogP) is 4.33. The number of nitrogens with zero attached hydrogens (tertiary/aromatic N) is 2. The molecule has 0 aliphatic heterocycles. The van der Waals surface area contributed by atoms with Gasteiger partial charge < -0.3 is 4.90 Å². The minimum atomic E-state index is -4.07. The predicted molar refractivity (Wildman–Crippen MR) is 106 cm³/mol. The van der Waals surface area contributed by atoms with Crippen LogP contribution in [0, 0.1) is 18.6 Å². The highest BCUT2D eigenvalue weighted by atomic mass is 79.9. The number of fused-ring (bicyclic) bond motifs is 1. The quantitative estimate of drug-likeness (QED) is 0.573. The molecule has 3 rings (SSSR count). The number of likely N-dealkylation sites (N-methyl/N-ethyl adjacent to an activating group) is 1. The molecule has 8 heteroatoms. The summed E-state index contributed by atoms with van der Waals surface area (Å²) in [6.07, 6.45) is 1.85. The molecule has 0 fully saturated rings. The molecule has 0 N–H and O–H groups in total. The fraction of sp³-hybridized carbons (Fsp3) is 0.263. The summed E-state index contributed by atoms with van der Waals surface area (Å²) in [5.74, 6) is -1.65. The maximum Gasteiger partial charge on any atom is 0.269 e. The average Bonchev–Trinajstić information content (AvgIpc) is 2.92. The van der Waals surface area contributed by atoms with Crippen LogP contribution in [0.1, 0.15) is 11.1 Å². The molecule has 0 saturated carbocycles. The monoisotopic (exact) mass is 456 g/mol. The van der Waals surface area contributed by atoms with E-state index in [1.807, 2.05) is 25.9 Å². The molecule has 1 heterocycles. The molecule has 3 aromatic rings. The molecule has 0 aliphatic rings. The highest BCUT2D eigenvalue weighted by molar-refractivity contribution is 9.10. The number of rotatable bonds is 5. The topological polar surface area (TPSA) is 42.3 Å². The Kier molecular flexibility index (Phi) is 5.42. The van der Waals surface area contributed by atoms with Gasteiger partial charge in [0.25, 0.3) is 10.0 Å². The first-order valence-electron chi connectivity index (χ1n) is 8.26. The molecule has 0 unspecified atom stereocenters. The van der Waals surface area contributed by atoms with Crippen molar-refractivity contribution < 1.29 is 17.2 Å². The fourth-order valence-corrected chi connectivity index (χ4v) is 5.52. The largest absolute Gasteiger partial charge is 0.309 e. The molecule has 0 aliphatic carbocycles.